The lowest BCUT2D eigenvalue weighted by Crippen LogP contribution is -2.25. The monoisotopic (exact) mass is 442 g/mol. The second-order valence-corrected chi connectivity index (χ2v) is 8.55. The highest BCUT2D eigenvalue weighted by Gasteiger charge is 2.29. The average molecular weight is 443 g/mol. The number of ether oxygens (including phenoxy) is 2. The van der Waals surface area contributed by atoms with E-state index < -0.39 is 0 Å². The lowest BCUT2D eigenvalue weighted by Gasteiger charge is -2.36. The highest BCUT2D eigenvalue weighted by Crippen LogP contribution is 2.51. The Morgan fingerprint density at radius 2 is 1.12 bits per heavy atom. The predicted molar refractivity (Wildman–Crippen MR) is 136 cm³/mol. The van der Waals surface area contributed by atoms with E-state index in [4.69, 9.17) is 9.47 Å². The van der Waals surface area contributed by atoms with Crippen molar-refractivity contribution in [2.75, 3.05) is 9.80 Å². The molecular weight excluding hydrogens is 420 g/mol. The molecule has 164 valence electrons. The molecule has 0 saturated heterocycles. The molecular formula is C30H22N2O2. The molecule has 0 unspecified atom stereocenters. The standard InChI is InChI=1S/C30H22N2O2/c1-5-16-27-23(12-1)31(24-13-2-6-17-28(24)33-27)21-10-9-11-22(20-21)32-25-14-3-7-18-29(25)34-30-19-8-4-15-26(30)32/h1-7,9-18,20H,8,19H2. The van der Waals surface area contributed by atoms with Crippen molar-refractivity contribution in [1.82, 2.24) is 0 Å². The van der Waals surface area contributed by atoms with Gasteiger partial charge in [0.25, 0.3) is 0 Å². The molecule has 3 aliphatic rings. The van der Waals surface area contributed by atoms with Crippen molar-refractivity contribution in [2.24, 2.45) is 0 Å². The van der Waals surface area contributed by atoms with E-state index in [9.17, 15) is 0 Å². The zero-order valence-corrected chi connectivity index (χ0v) is 18.5. The van der Waals surface area contributed by atoms with Crippen molar-refractivity contribution in [3.8, 4) is 17.2 Å². The molecule has 4 aromatic carbocycles. The summed E-state index contributed by atoms with van der Waals surface area (Å²) in [5, 5.41) is 0. The van der Waals surface area contributed by atoms with E-state index in [1.165, 1.54) is 0 Å². The molecule has 0 bridgehead atoms. The smallest absolute Gasteiger partial charge is 0.151 e. The molecule has 2 aliphatic heterocycles. The Bertz CT molecular complexity index is 1440. The minimum atomic E-state index is 0.850. The SMILES string of the molecule is C1=CC2=C(CC1)Oc1ccccc1N2c1cccc(N2c3ccccc3Oc3ccccc32)c1. The maximum Gasteiger partial charge on any atom is 0.151 e. The van der Waals surface area contributed by atoms with Gasteiger partial charge in [-0.1, -0.05) is 48.5 Å². The number of benzene rings is 4. The first-order valence-corrected chi connectivity index (χ1v) is 11.6. The van der Waals surface area contributed by atoms with Crippen LogP contribution >= 0.6 is 0 Å². The summed E-state index contributed by atoms with van der Waals surface area (Å²) in [4.78, 5) is 4.58. The first-order valence-electron chi connectivity index (χ1n) is 11.6. The van der Waals surface area contributed by atoms with Crippen molar-refractivity contribution in [3.05, 3.63) is 121 Å². The number of fused-ring (bicyclic) bond motifs is 3. The molecule has 7 rings (SSSR count). The van der Waals surface area contributed by atoms with Gasteiger partial charge in [-0.05, 0) is 67.1 Å². The van der Waals surface area contributed by atoms with Crippen LogP contribution in [-0.4, -0.2) is 0 Å². The van der Waals surface area contributed by atoms with Crippen LogP contribution in [-0.2, 0) is 0 Å². The van der Waals surface area contributed by atoms with Gasteiger partial charge < -0.3 is 19.3 Å². The number of rotatable bonds is 2. The summed E-state index contributed by atoms with van der Waals surface area (Å²) < 4.78 is 12.5. The lowest BCUT2D eigenvalue weighted by molar-refractivity contribution is 0.388. The van der Waals surface area contributed by atoms with Crippen molar-refractivity contribution in [2.45, 2.75) is 12.8 Å². The summed E-state index contributed by atoms with van der Waals surface area (Å²) in [7, 11) is 0. The topological polar surface area (TPSA) is 24.9 Å². The molecule has 0 amide bonds. The molecule has 34 heavy (non-hydrogen) atoms. The summed E-state index contributed by atoms with van der Waals surface area (Å²) in [5.74, 6) is 3.62. The first kappa shape index (κ1) is 19.1. The van der Waals surface area contributed by atoms with Crippen LogP contribution < -0.4 is 19.3 Å². The van der Waals surface area contributed by atoms with E-state index in [1.807, 2.05) is 36.4 Å². The third-order valence-corrected chi connectivity index (χ3v) is 6.46. The Morgan fingerprint density at radius 3 is 1.79 bits per heavy atom. The van der Waals surface area contributed by atoms with Crippen LogP contribution in [0.25, 0.3) is 0 Å². The number of hydrogen-bond acceptors (Lipinski definition) is 4. The van der Waals surface area contributed by atoms with Gasteiger partial charge in [-0.2, -0.15) is 0 Å². The van der Waals surface area contributed by atoms with E-state index in [1.54, 1.807) is 0 Å². The van der Waals surface area contributed by atoms with Gasteiger partial charge in [-0.3, -0.25) is 0 Å². The number of para-hydroxylation sites is 6. The molecule has 4 aromatic rings. The van der Waals surface area contributed by atoms with E-state index in [0.717, 1.165) is 70.0 Å². The van der Waals surface area contributed by atoms with Crippen LogP contribution in [0.5, 0.6) is 17.2 Å². The molecule has 0 fully saturated rings. The summed E-state index contributed by atoms with van der Waals surface area (Å²) >= 11 is 0. The van der Waals surface area contributed by atoms with Crippen molar-refractivity contribution in [3.63, 3.8) is 0 Å². The highest BCUT2D eigenvalue weighted by atomic mass is 16.5. The quantitative estimate of drug-likeness (QED) is 0.274. The Hall–Kier alpha value is -4.44. The van der Waals surface area contributed by atoms with E-state index >= 15 is 0 Å². The lowest BCUT2D eigenvalue weighted by atomic mass is 10.0. The third kappa shape index (κ3) is 2.92. The second-order valence-electron chi connectivity index (χ2n) is 8.55. The molecule has 1 aliphatic carbocycles. The van der Waals surface area contributed by atoms with E-state index in [0.29, 0.717) is 0 Å². The molecule has 0 atom stereocenters. The van der Waals surface area contributed by atoms with Gasteiger partial charge in [0.15, 0.2) is 17.2 Å². The van der Waals surface area contributed by atoms with Crippen LogP contribution in [0.1, 0.15) is 12.8 Å². The van der Waals surface area contributed by atoms with Gasteiger partial charge in [-0.15, -0.1) is 0 Å². The fourth-order valence-electron chi connectivity index (χ4n) is 4.96. The minimum absolute atomic E-state index is 0.850. The van der Waals surface area contributed by atoms with Gasteiger partial charge in [0.1, 0.15) is 5.76 Å². The van der Waals surface area contributed by atoms with Gasteiger partial charge in [0.05, 0.1) is 22.8 Å². The van der Waals surface area contributed by atoms with Crippen molar-refractivity contribution in [1.29, 1.82) is 0 Å². The largest absolute Gasteiger partial charge is 0.457 e. The molecule has 4 heteroatoms. The van der Waals surface area contributed by atoms with E-state index in [2.05, 4.69) is 82.6 Å². The molecule has 0 aromatic heterocycles. The zero-order valence-electron chi connectivity index (χ0n) is 18.5. The summed E-state index contributed by atoms with van der Waals surface area (Å²) in [6.45, 7) is 0. The molecule has 0 spiro atoms. The second kappa shape index (κ2) is 7.56. The maximum absolute atomic E-state index is 6.29. The summed E-state index contributed by atoms with van der Waals surface area (Å²) in [6.07, 6.45) is 6.30. The summed E-state index contributed by atoms with van der Waals surface area (Å²) in [6, 6.07) is 33.3. The minimum Gasteiger partial charge on any atom is -0.457 e. The average Bonchev–Trinajstić information content (AvgIpc) is 2.90. The fraction of sp³-hybridized carbons (Fsp3) is 0.0667. The molecule has 0 saturated carbocycles. The predicted octanol–water partition coefficient (Wildman–Crippen LogP) is 8.35. The summed E-state index contributed by atoms with van der Waals surface area (Å²) in [5.41, 5.74) is 6.37. The van der Waals surface area contributed by atoms with Gasteiger partial charge in [-0.25, -0.2) is 0 Å². The fourth-order valence-corrected chi connectivity index (χ4v) is 4.96. The number of hydrogen-bond donors (Lipinski definition) is 0. The van der Waals surface area contributed by atoms with Gasteiger partial charge in [0, 0.05) is 17.8 Å². The zero-order chi connectivity index (χ0) is 22.5. The van der Waals surface area contributed by atoms with Crippen LogP contribution in [0.2, 0.25) is 0 Å². The Labute approximate surface area is 198 Å². The van der Waals surface area contributed by atoms with E-state index in [-0.39, 0.29) is 0 Å². The first-order chi connectivity index (χ1) is 16.9. The highest BCUT2D eigenvalue weighted by molar-refractivity contribution is 5.88. The Kier molecular flexibility index (Phi) is 4.24. The number of nitrogens with zero attached hydrogens (tertiary/aromatic N) is 2. The molecule has 4 nitrogen and oxygen atoms in total. The Morgan fingerprint density at radius 1 is 0.559 bits per heavy atom. The third-order valence-electron chi connectivity index (χ3n) is 6.46. The molecule has 2 heterocycles. The van der Waals surface area contributed by atoms with Crippen molar-refractivity contribution >= 4 is 28.4 Å². The molecule has 0 radical (unpaired) electrons. The van der Waals surface area contributed by atoms with Crippen LogP contribution in [0.15, 0.2) is 121 Å². The van der Waals surface area contributed by atoms with Gasteiger partial charge in [0.2, 0.25) is 0 Å². The number of allylic oxidation sites excluding steroid dienone is 3. The van der Waals surface area contributed by atoms with Crippen LogP contribution in [0.4, 0.5) is 28.4 Å². The number of anilines is 5. The van der Waals surface area contributed by atoms with Gasteiger partial charge >= 0.3 is 0 Å². The van der Waals surface area contributed by atoms with Crippen molar-refractivity contribution < 1.29 is 9.47 Å². The Balaban J connectivity index is 1.40. The molecule has 0 N–H and O–H groups in total. The maximum atomic E-state index is 6.29. The van der Waals surface area contributed by atoms with Crippen LogP contribution in [0.3, 0.4) is 0 Å². The normalized spacial score (nSPS) is 15.5. The van der Waals surface area contributed by atoms with Crippen LogP contribution in [0, 0.1) is 0 Å².